The van der Waals surface area contributed by atoms with E-state index in [2.05, 4.69) is 0 Å². The molecule has 8 heteroatoms. The first kappa shape index (κ1) is 21.6. The van der Waals surface area contributed by atoms with Crippen molar-refractivity contribution in [2.75, 3.05) is 0 Å². The Morgan fingerprint density at radius 2 is 1.40 bits per heavy atom. The third-order valence-corrected chi connectivity index (χ3v) is 5.55. The fraction of sp³-hybridized carbons (Fsp3) is 0.412. The van der Waals surface area contributed by atoms with Gasteiger partial charge >= 0.3 is 0 Å². The molecule has 25 heavy (non-hydrogen) atoms. The molecule has 0 heterocycles. The molecule has 0 aliphatic rings. The minimum atomic E-state index is -4.47. The summed E-state index contributed by atoms with van der Waals surface area (Å²) in [5, 5.41) is 1.03. The van der Waals surface area contributed by atoms with Crippen LogP contribution in [0.4, 0.5) is 0 Å². The highest BCUT2D eigenvalue weighted by atomic mass is 32.2. The van der Waals surface area contributed by atoms with Gasteiger partial charge in [-0.05, 0) is 65.4 Å². The molecule has 0 amide bonds. The Morgan fingerprint density at radius 1 is 0.880 bits per heavy atom. The van der Waals surface area contributed by atoms with Crippen LogP contribution in [0.15, 0.2) is 28.0 Å². The quantitative estimate of drug-likeness (QED) is 0.766. The summed E-state index contributed by atoms with van der Waals surface area (Å²) in [7, 11) is -8.88. The number of hydrogen-bond donors (Lipinski definition) is 2. The highest BCUT2D eigenvalue weighted by molar-refractivity contribution is 7.86. The molecule has 2 rings (SSSR count). The molecule has 2 N–H and O–H groups in total. The van der Waals surface area contributed by atoms with Crippen LogP contribution in [0.1, 0.15) is 50.3 Å². The summed E-state index contributed by atoms with van der Waals surface area (Å²) in [6.45, 7) is 11.0. The fourth-order valence-corrected chi connectivity index (χ4v) is 4.57. The second-order valence-corrected chi connectivity index (χ2v) is 8.67. The van der Waals surface area contributed by atoms with Crippen LogP contribution in [0, 0.1) is 13.8 Å². The van der Waals surface area contributed by atoms with Gasteiger partial charge in [0.2, 0.25) is 0 Å². The van der Waals surface area contributed by atoms with Crippen molar-refractivity contribution in [2.45, 2.75) is 57.3 Å². The number of aryl methyl sites for hydroxylation is 2. The molecule has 0 aliphatic carbocycles. The maximum absolute atomic E-state index is 11.7. The first-order valence-corrected chi connectivity index (χ1v) is 10.7. The maximum Gasteiger partial charge on any atom is 0.294 e. The molecule has 0 atom stereocenters. The molecule has 0 fully saturated rings. The molecule has 0 unspecified atom stereocenters. The van der Waals surface area contributed by atoms with Crippen molar-refractivity contribution >= 4 is 31.0 Å². The second kappa shape index (κ2) is 7.41. The minimum Gasteiger partial charge on any atom is -0.282 e. The molecule has 0 saturated carbocycles. The van der Waals surface area contributed by atoms with Crippen LogP contribution in [0.3, 0.4) is 0 Å². The molecule has 0 saturated heterocycles. The minimum absolute atomic E-state index is 0.156. The Labute approximate surface area is 149 Å². The number of benzene rings is 2. The predicted octanol–water partition coefficient (Wildman–Crippen LogP) is 4.10. The molecule has 2 aromatic carbocycles. The molecule has 0 bridgehead atoms. The summed E-state index contributed by atoms with van der Waals surface area (Å²) in [6, 6.07) is 3.78. The van der Waals surface area contributed by atoms with Gasteiger partial charge in [0.05, 0.1) is 9.79 Å². The molecular weight excluding hydrogens is 364 g/mol. The molecule has 0 spiro atoms. The average molecular weight is 389 g/mol. The zero-order valence-electron chi connectivity index (χ0n) is 15.2. The van der Waals surface area contributed by atoms with Gasteiger partial charge in [0.1, 0.15) is 0 Å². The number of rotatable bonds is 3. The summed E-state index contributed by atoms with van der Waals surface area (Å²) < 4.78 is 64.9. The van der Waals surface area contributed by atoms with Crippen LogP contribution in [0.25, 0.3) is 10.8 Å². The second-order valence-electron chi connectivity index (χ2n) is 5.86. The Balaban J connectivity index is 0.00000151. The van der Waals surface area contributed by atoms with Gasteiger partial charge in [-0.1, -0.05) is 27.7 Å². The summed E-state index contributed by atoms with van der Waals surface area (Å²) in [6.07, 6.45) is 0. The Kier molecular flexibility index (Phi) is 6.39. The van der Waals surface area contributed by atoms with Crippen LogP contribution >= 0.6 is 0 Å². The van der Waals surface area contributed by atoms with Crippen molar-refractivity contribution in [2.24, 2.45) is 0 Å². The summed E-state index contributed by atoms with van der Waals surface area (Å²) in [5.41, 5.74) is 1.74. The van der Waals surface area contributed by atoms with Crippen molar-refractivity contribution in [3.8, 4) is 0 Å². The Morgan fingerprint density at radius 3 is 1.80 bits per heavy atom. The standard InChI is InChI=1S/C15H18O6S2.C2H6/c1-8(2)14-10(4)15-9(3)5-12(22(16,17)18)6-11(15)7-13(14)23(19,20)21;1-2/h5-8H,1-4H3,(H,16,17,18)(H,19,20,21);1-2H3. The summed E-state index contributed by atoms with van der Waals surface area (Å²) in [5.74, 6) is -0.156. The topological polar surface area (TPSA) is 109 Å². The van der Waals surface area contributed by atoms with Crippen LogP contribution < -0.4 is 0 Å². The lowest BCUT2D eigenvalue weighted by atomic mass is 9.91. The number of fused-ring (bicyclic) bond motifs is 1. The summed E-state index contributed by atoms with van der Waals surface area (Å²) in [4.78, 5) is -0.565. The van der Waals surface area contributed by atoms with Gasteiger partial charge in [-0.2, -0.15) is 16.8 Å². The van der Waals surface area contributed by atoms with E-state index in [1.54, 1.807) is 13.8 Å². The molecular formula is C17H24O6S2. The molecule has 0 aliphatic heterocycles. The van der Waals surface area contributed by atoms with Gasteiger partial charge in [0.25, 0.3) is 20.2 Å². The van der Waals surface area contributed by atoms with Gasteiger partial charge < -0.3 is 0 Å². The number of hydrogen-bond acceptors (Lipinski definition) is 4. The lowest BCUT2D eigenvalue weighted by molar-refractivity contribution is 0.480. The van der Waals surface area contributed by atoms with E-state index in [9.17, 15) is 25.9 Å². The van der Waals surface area contributed by atoms with Gasteiger partial charge in [-0.25, -0.2) is 0 Å². The van der Waals surface area contributed by atoms with Crippen LogP contribution in [0.5, 0.6) is 0 Å². The van der Waals surface area contributed by atoms with E-state index in [1.807, 2.05) is 27.7 Å². The van der Waals surface area contributed by atoms with Crippen LogP contribution in [0.2, 0.25) is 0 Å². The lowest BCUT2D eigenvalue weighted by Gasteiger charge is -2.18. The first-order valence-electron chi connectivity index (χ1n) is 7.87. The highest BCUT2D eigenvalue weighted by Crippen LogP contribution is 2.36. The first-order chi connectivity index (χ1) is 11.3. The van der Waals surface area contributed by atoms with Crippen molar-refractivity contribution in [1.82, 2.24) is 0 Å². The van der Waals surface area contributed by atoms with Crippen molar-refractivity contribution < 1.29 is 25.9 Å². The van der Waals surface area contributed by atoms with E-state index < -0.39 is 20.2 Å². The van der Waals surface area contributed by atoms with Gasteiger partial charge in [0.15, 0.2) is 0 Å². The van der Waals surface area contributed by atoms with Crippen molar-refractivity contribution in [3.05, 3.63) is 34.9 Å². The van der Waals surface area contributed by atoms with Crippen LogP contribution in [-0.2, 0) is 20.2 Å². The van der Waals surface area contributed by atoms with E-state index in [1.165, 1.54) is 18.2 Å². The van der Waals surface area contributed by atoms with E-state index in [0.717, 1.165) is 0 Å². The molecule has 0 radical (unpaired) electrons. The third kappa shape index (κ3) is 4.38. The molecule has 6 nitrogen and oxygen atoms in total. The van der Waals surface area contributed by atoms with Crippen molar-refractivity contribution in [1.29, 1.82) is 0 Å². The zero-order valence-corrected chi connectivity index (χ0v) is 16.8. The van der Waals surface area contributed by atoms with Crippen molar-refractivity contribution in [3.63, 3.8) is 0 Å². The Hall–Kier alpha value is -1.48. The van der Waals surface area contributed by atoms with E-state index >= 15 is 0 Å². The van der Waals surface area contributed by atoms with Gasteiger partial charge in [-0.15, -0.1) is 0 Å². The molecule has 2 aromatic rings. The maximum atomic E-state index is 11.7. The average Bonchev–Trinajstić information content (AvgIpc) is 2.46. The molecule has 0 aromatic heterocycles. The fourth-order valence-electron chi connectivity index (χ4n) is 3.02. The van der Waals surface area contributed by atoms with E-state index in [-0.39, 0.29) is 15.7 Å². The summed E-state index contributed by atoms with van der Waals surface area (Å²) >= 11 is 0. The monoisotopic (exact) mass is 388 g/mol. The van der Waals surface area contributed by atoms with Gasteiger partial charge in [0, 0.05) is 0 Å². The predicted molar refractivity (Wildman–Crippen MR) is 98.5 cm³/mol. The third-order valence-electron chi connectivity index (χ3n) is 3.82. The largest absolute Gasteiger partial charge is 0.294 e. The zero-order chi connectivity index (χ0) is 19.7. The van der Waals surface area contributed by atoms with Crippen LogP contribution in [-0.4, -0.2) is 25.9 Å². The normalized spacial score (nSPS) is 12.2. The SMILES string of the molecule is CC.Cc1cc(S(=O)(=O)O)cc2cc(S(=O)(=O)O)c(C(C)C)c(C)c12. The smallest absolute Gasteiger partial charge is 0.282 e. The Bertz CT molecular complexity index is 1000. The van der Waals surface area contributed by atoms with E-state index in [4.69, 9.17) is 0 Å². The highest BCUT2D eigenvalue weighted by Gasteiger charge is 2.23. The van der Waals surface area contributed by atoms with Gasteiger partial charge in [-0.3, -0.25) is 9.11 Å². The lowest BCUT2D eigenvalue weighted by Crippen LogP contribution is -2.08. The molecule has 140 valence electrons. The van der Waals surface area contributed by atoms with E-state index in [0.29, 0.717) is 27.5 Å².